The van der Waals surface area contributed by atoms with Gasteiger partial charge >= 0.3 is 18.2 Å². The topological polar surface area (TPSA) is 108 Å². The number of urea groups is 1. The maximum atomic E-state index is 13.9. The Morgan fingerprint density at radius 1 is 0.881 bits per heavy atom. The van der Waals surface area contributed by atoms with Crippen molar-refractivity contribution in [1.29, 1.82) is 0 Å². The van der Waals surface area contributed by atoms with Crippen LogP contribution >= 0.6 is 0 Å². The molecule has 1 unspecified atom stereocenters. The number of carbonyl (C=O) groups excluding carboxylic acids is 2. The molecule has 0 aliphatic heterocycles. The van der Waals surface area contributed by atoms with Crippen LogP contribution in [0.1, 0.15) is 83.1 Å². The van der Waals surface area contributed by atoms with Crippen molar-refractivity contribution >= 4 is 23.6 Å². The zero-order chi connectivity index (χ0) is 30.3. The number of hydrogen-bond acceptors (Lipinski definition) is 3. The number of nitrogens with one attached hydrogen (secondary N) is 3. The highest BCUT2D eigenvalue weighted by molar-refractivity contribution is 5.94. The van der Waals surface area contributed by atoms with E-state index >= 15 is 0 Å². The van der Waals surface area contributed by atoms with Gasteiger partial charge in [0.15, 0.2) is 0 Å². The summed E-state index contributed by atoms with van der Waals surface area (Å²) in [6.45, 7) is -0.0380. The Morgan fingerprint density at radius 2 is 1.50 bits per heavy atom. The number of alkyl halides is 3. The van der Waals surface area contributed by atoms with Crippen LogP contribution < -0.4 is 16.0 Å². The number of carbonyl (C=O) groups is 3. The molecule has 42 heavy (non-hydrogen) atoms. The number of carboxylic acid groups (broad SMARTS) is 1. The van der Waals surface area contributed by atoms with Crippen LogP contribution in [0.15, 0.2) is 66.7 Å². The van der Waals surface area contributed by atoms with Crippen molar-refractivity contribution in [3.8, 4) is 0 Å². The molecule has 0 bridgehead atoms. The number of hydrogen-bond donors (Lipinski definition) is 4. The molecule has 1 saturated carbocycles. The monoisotopic (exact) mass is 585 g/mol. The van der Waals surface area contributed by atoms with Gasteiger partial charge in [0, 0.05) is 17.8 Å². The van der Waals surface area contributed by atoms with E-state index < -0.39 is 41.5 Å². The van der Waals surface area contributed by atoms with E-state index in [0.29, 0.717) is 29.2 Å². The molecule has 0 saturated heterocycles. The molecule has 7 nitrogen and oxygen atoms in total. The quantitative estimate of drug-likeness (QED) is 0.203. The molecule has 1 atom stereocenters. The first kappa shape index (κ1) is 30.5. The van der Waals surface area contributed by atoms with Crippen LogP contribution in [0.4, 0.5) is 28.0 Å². The fourth-order valence-corrected chi connectivity index (χ4v) is 5.09. The fourth-order valence-electron chi connectivity index (χ4n) is 5.09. The van der Waals surface area contributed by atoms with Crippen LogP contribution in [0.2, 0.25) is 0 Å². The summed E-state index contributed by atoms with van der Waals surface area (Å²) >= 11 is 0. The van der Waals surface area contributed by atoms with E-state index in [9.17, 15) is 31.9 Å². The second kappa shape index (κ2) is 13.5. The van der Waals surface area contributed by atoms with Gasteiger partial charge in [0.2, 0.25) is 0 Å². The number of benzene rings is 3. The average molecular weight is 586 g/mol. The summed E-state index contributed by atoms with van der Waals surface area (Å²) in [6.07, 6.45) is 0.752. The lowest BCUT2D eigenvalue weighted by Gasteiger charge is -2.24. The van der Waals surface area contributed by atoms with Crippen LogP contribution in [-0.2, 0) is 11.0 Å². The minimum atomic E-state index is -4.79. The van der Waals surface area contributed by atoms with Crippen LogP contribution in [0.5, 0.6) is 0 Å². The summed E-state index contributed by atoms with van der Waals surface area (Å²) in [5.74, 6) is -2.20. The van der Waals surface area contributed by atoms with Gasteiger partial charge in [-0.2, -0.15) is 13.2 Å². The van der Waals surface area contributed by atoms with Gasteiger partial charge in [0.05, 0.1) is 18.0 Å². The Bertz CT molecular complexity index is 1400. The lowest BCUT2D eigenvalue weighted by molar-refractivity contribution is -0.138. The number of halogens is 4. The maximum absolute atomic E-state index is 13.9. The highest BCUT2D eigenvalue weighted by Gasteiger charge is 2.31. The second-order valence-corrected chi connectivity index (χ2v) is 10.3. The minimum Gasteiger partial charge on any atom is -0.481 e. The predicted octanol–water partition coefficient (Wildman–Crippen LogP) is 7.01. The van der Waals surface area contributed by atoms with Crippen molar-refractivity contribution in [2.24, 2.45) is 0 Å². The molecule has 222 valence electrons. The van der Waals surface area contributed by atoms with E-state index in [-0.39, 0.29) is 24.2 Å². The molecule has 4 N–H and O–H groups in total. The largest absolute Gasteiger partial charge is 0.481 e. The first-order valence-corrected chi connectivity index (χ1v) is 13.6. The van der Waals surface area contributed by atoms with Crippen LogP contribution in [0, 0.1) is 5.82 Å². The SMILES string of the molecule is O=C(O)CCNC(=O)c1ccc(C(NC(=O)Nc2cc(F)cc(C(F)(F)F)c2)c2ccc(C3CCCCC3)cc2)cc1. The van der Waals surface area contributed by atoms with Crippen LogP contribution in [0.3, 0.4) is 0 Å². The number of amides is 3. The second-order valence-electron chi connectivity index (χ2n) is 10.3. The molecule has 4 rings (SSSR count). The molecule has 3 aromatic carbocycles. The summed E-state index contributed by atoms with van der Waals surface area (Å²) < 4.78 is 53.3. The van der Waals surface area contributed by atoms with Gasteiger partial charge in [-0.1, -0.05) is 55.7 Å². The number of rotatable bonds is 9. The van der Waals surface area contributed by atoms with Crippen molar-refractivity contribution in [1.82, 2.24) is 10.6 Å². The van der Waals surface area contributed by atoms with Gasteiger partial charge in [0.25, 0.3) is 5.91 Å². The summed E-state index contributed by atoms with van der Waals surface area (Å²) in [7, 11) is 0. The van der Waals surface area contributed by atoms with E-state index in [4.69, 9.17) is 5.11 Å². The first-order chi connectivity index (χ1) is 20.0. The first-order valence-electron chi connectivity index (χ1n) is 13.6. The Kier molecular flexibility index (Phi) is 9.82. The van der Waals surface area contributed by atoms with Gasteiger partial charge in [0.1, 0.15) is 5.82 Å². The van der Waals surface area contributed by atoms with Crippen molar-refractivity contribution < 1.29 is 37.1 Å². The van der Waals surface area contributed by atoms with Crippen molar-refractivity contribution in [3.05, 3.63) is 100 Å². The lowest BCUT2D eigenvalue weighted by Crippen LogP contribution is -2.33. The predicted molar refractivity (Wildman–Crippen MR) is 149 cm³/mol. The van der Waals surface area contributed by atoms with Gasteiger partial charge in [-0.25, -0.2) is 9.18 Å². The average Bonchev–Trinajstić information content (AvgIpc) is 2.95. The lowest BCUT2D eigenvalue weighted by atomic mass is 9.83. The van der Waals surface area contributed by atoms with Gasteiger partial charge in [-0.15, -0.1) is 0 Å². The van der Waals surface area contributed by atoms with Gasteiger partial charge in [-0.05, 0) is 65.8 Å². The normalized spacial score (nSPS) is 14.6. The van der Waals surface area contributed by atoms with Crippen molar-refractivity contribution in [2.45, 2.75) is 56.7 Å². The summed E-state index contributed by atoms with van der Waals surface area (Å²) in [5.41, 5.74) is 1.14. The van der Waals surface area contributed by atoms with Crippen molar-refractivity contribution in [2.75, 3.05) is 11.9 Å². The molecule has 0 spiro atoms. The number of carboxylic acids is 1. The molecule has 1 aliphatic rings. The molecular formula is C31H31F4N3O4. The fraction of sp³-hybridized carbons (Fsp3) is 0.323. The summed E-state index contributed by atoms with van der Waals surface area (Å²) in [5, 5.41) is 16.3. The van der Waals surface area contributed by atoms with E-state index in [1.807, 2.05) is 24.3 Å². The van der Waals surface area contributed by atoms with Crippen LogP contribution in [0.25, 0.3) is 0 Å². The number of aliphatic carboxylic acids is 1. The Morgan fingerprint density at radius 3 is 2.10 bits per heavy atom. The Balaban J connectivity index is 1.56. The van der Waals surface area contributed by atoms with Crippen molar-refractivity contribution in [3.63, 3.8) is 0 Å². The molecule has 11 heteroatoms. The Hall–Kier alpha value is -4.41. The highest BCUT2D eigenvalue weighted by atomic mass is 19.4. The third-order valence-electron chi connectivity index (χ3n) is 7.24. The van der Waals surface area contributed by atoms with E-state index in [0.717, 1.165) is 18.9 Å². The Labute approximate surface area is 240 Å². The van der Waals surface area contributed by atoms with Crippen LogP contribution in [-0.4, -0.2) is 29.6 Å². The summed E-state index contributed by atoms with van der Waals surface area (Å²) in [4.78, 5) is 36.0. The molecule has 1 aliphatic carbocycles. The number of anilines is 1. The third kappa shape index (κ3) is 8.31. The van der Waals surface area contributed by atoms with E-state index in [1.54, 1.807) is 12.1 Å². The third-order valence-corrected chi connectivity index (χ3v) is 7.24. The zero-order valence-corrected chi connectivity index (χ0v) is 22.6. The van der Waals surface area contributed by atoms with E-state index in [1.165, 1.54) is 37.0 Å². The van der Waals surface area contributed by atoms with Gasteiger partial charge in [-0.3, -0.25) is 9.59 Å². The standard InChI is InChI=1S/C31H31F4N3O4/c32-25-16-24(31(33,34)35)17-26(18-25)37-30(42)38-28(21-8-6-20(7-9-21)19-4-2-1-3-5-19)22-10-12-23(13-11-22)29(41)36-15-14-27(39)40/h6-13,16-19,28H,1-5,14-15H2,(H,36,41)(H,39,40)(H2,37,38,42). The molecule has 0 heterocycles. The molecule has 3 amide bonds. The molecule has 0 radical (unpaired) electrons. The van der Waals surface area contributed by atoms with E-state index in [2.05, 4.69) is 16.0 Å². The smallest absolute Gasteiger partial charge is 0.416 e. The molecule has 0 aromatic heterocycles. The minimum absolute atomic E-state index is 0.0380. The summed E-state index contributed by atoms with van der Waals surface area (Å²) in [6, 6.07) is 14.2. The van der Waals surface area contributed by atoms with Gasteiger partial charge < -0.3 is 21.1 Å². The molecular weight excluding hydrogens is 554 g/mol. The molecule has 3 aromatic rings. The maximum Gasteiger partial charge on any atom is 0.416 e. The zero-order valence-electron chi connectivity index (χ0n) is 22.6. The molecule has 1 fully saturated rings. The highest BCUT2D eigenvalue weighted by Crippen LogP contribution is 2.34.